The number of halogens is 3. The number of aromatic nitrogens is 2. The van der Waals surface area contributed by atoms with Crippen molar-refractivity contribution in [3.05, 3.63) is 56.0 Å². The molecule has 2 nitrogen and oxygen atoms in total. The van der Waals surface area contributed by atoms with Crippen molar-refractivity contribution in [2.75, 3.05) is 0 Å². The lowest BCUT2D eigenvalue weighted by atomic mass is 9.70. The van der Waals surface area contributed by atoms with Gasteiger partial charge in [0.05, 0.1) is 5.69 Å². The lowest BCUT2D eigenvalue weighted by Gasteiger charge is -2.35. The van der Waals surface area contributed by atoms with Gasteiger partial charge in [-0.3, -0.25) is 0 Å². The van der Waals surface area contributed by atoms with Gasteiger partial charge in [-0.2, -0.15) is 0 Å². The highest BCUT2D eigenvalue weighted by atomic mass is 35.5. The molecule has 0 fully saturated rings. The molecule has 21 heavy (non-hydrogen) atoms. The van der Waals surface area contributed by atoms with E-state index in [4.69, 9.17) is 34.8 Å². The van der Waals surface area contributed by atoms with E-state index in [1.54, 1.807) is 0 Å². The third kappa shape index (κ3) is 2.08. The summed E-state index contributed by atoms with van der Waals surface area (Å²) in [6.07, 6.45) is 4.99. The van der Waals surface area contributed by atoms with E-state index in [9.17, 15) is 0 Å². The molecule has 0 bridgehead atoms. The molecule has 1 atom stereocenters. The van der Waals surface area contributed by atoms with Crippen LogP contribution >= 0.6 is 34.8 Å². The summed E-state index contributed by atoms with van der Waals surface area (Å²) in [5.74, 6) is 0. The Morgan fingerprint density at radius 3 is 2.52 bits per heavy atom. The topological polar surface area (TPSA) is 25.8 Å². The van der Waals surface area contributed by atoms with Crippen molar-refractivity contribution in [3.63, 3.8) is 0 Å². The van der Waals surface area contributed by atoms with Gasteiger partial charge in [0.15, 0.2) is 0 Å². The van der Waals surface area contributed by atoms with E-state index in [1.165, 1.54) is 11.1 Å². The van der Waals surface area contributed by atoms with E-state index in [0.29, 0.717) is 5.15 Å². The van der Waals surface area contributed by atoms with E-state index in [-0.39, 0.29) is 10.7 Å². The first-order valence-corrected chi connectivity index (χ1v) is 8.21. The number of benzene rings is 1. The van der Waals surface area contributed by atoms with Gasteiger partial charge in [0.25, 0.3) is 0 Å². The van der Waals surface area contributed by atoms with E-state index in [1.807, 2.05) is 12.1 Å². The Morgan fingerprint density at radius 1 is 0.952 bits per heavy atom. The molecule has 1 aromatic heterocycles. The maximum atomic E-state index is 6.35. The zero-order valence-electron chi connectivity index (χ0n) is 11.3. The number of hydrogen-bond donors (Lipinski definition) is 0. The minimum Gasteiger partial charge on any atom is -0.223 e. The van der Waals surface area contributed by atoms with Gasteiger partial charge in [0.1, 0.15) is 5.15 Å². The van der Waals surface area contributed by atoms with Crippen LogP contribution in [-0.2, 0) is 24.7 Å². The van der Waals surface area contributed by atoms with E-state index < -0.39 is 0 Å². The van der Waals surface area contributed by atoms with Gasteiger partial charge in [-0.05, 0) is 60.9 Å². The molecular formula is C16H13Cl3N2. The standard InChI is InChI=1S/C16H13Cl3N2/c17-12-3-1-2-11-9(12)4-6-16(11)7-5-10-13(8-16)20-15(19)21-14(10)18/h1-3H,4-8H2. The fraction of sp³-hybridized carbons (Fsp3) is 0.375. The largest absolute Gasteiger partial charge is 0.224 e. The van der Waals surface area contributed by atoms with Crippen molar-refractivity contribution in [3.8, 4) is 0 Å². The van der Waals surface area contributed by atoms with Crippen LogP contribution in [0.2, 0.25) is 15.5 Å². The molecule has 0 amide bonds. The average Bonchev–Trinajstić information content (AvgIpc) is 2.78. The quantitative estimate of drug-likeness (QED) is 0.508. The van der Waals surface area contributed by atoms with Crippen molar-refractivity contribution in [1.29, 1.82) is 0 Å². The molecule has 1 aromatic carbocycles. The third-order valence-corrected chi connectivity index (χ3v) is 5.75. The van der Waals surface area contributed by atoms with Crippen molar-refractivity contribution in [2.24, 2.45) is 0 Å². The number of hydrogen-bond acceptors (Lipinski definition) is 2. The van der Waals surface area contributed by atoms with Crippen molar-refractivity contribution in [1.82, 2.24) is 9.97 Å². The van der Waals surface area contributed by atoms with Gasteiger partial charge in [0, 0.05) is 16.0 Å². The smallest absolute Gasteiger partial charge is 0.223 e. The summed E-state index contributed by atoms with van der Waals surface area (Å²) >= 11 is 18.5. The highest BCUT2D eigenvalue weighted by molar-refractivity contribution is 6.32. The van der Waals surface area contributed by atoms with Crippen LogP contribution < -0.4 is 0 Å². The zero-order valence-corrected chi connectivity index (χ0v) is 13.6. The summed E-state index contributed by atoms with van der Waals surface area (Å²) < 4.78 is 0. The maximum Gasteiger partial charge on any atom is 0.224 e. The van der Waals surface area contributed by atoms with Crippen LogP contribution in [0.5, 0.6) is 0 Å². The second-order valence-electron chi connectivity index (χ2n) is 5.93. The molecule has 0 N–H and O–H groups in total. The number of fused-ring (bicyclic) bond motifs is 3. The van der Waals surface area contributed by atoms with Gasteiger partial charge in [-0.15, -0.1) is 0 Å². The first-order chi connectivity index (χ1) is 10.1. The van der Waals surface area contributed by atoms with Gasteiger partial charge < -0.3 is 0 Å². The lowest BCUT2D eigenvalue weighted by molar-refractivity contribution is 0.363. The summed E-state index contributed by atoms with van der Waals surface area (Å²) in [6.45, 7) is 0. The number of nitrogens with zero attached hydrogens (tertiary/aromatic N) is 2. The van der Waals surface area contributed by atoms with E-state index in [2.05, 4.69) is 16.0 Å². The van der Waals surface area contributed by atoms with Crippen LogP contribution in [0.25, 0.3) is 0 Å². The molecule has 2 aromatic rings. The monoisotopic (exact) mass is 338 g/mol. The molecule has 0 saturated heterocycles. The Hall–Kier alpha value is -0.830. The normalized spacial score (nSPS) is 23.2. The molecule has 0 radical (unpaired) electrons. The van der Waals surface area contributed by atoms with Crippen LogP contribution in [0.15, 0.2) is 18.2 Å². The predicted octanol–water partition coefficient (Wildman–Crippen LogP) is 4.81. The summed E-state index contributed by atoms with van der Waals surface area (Å²) in [7, 11) is 0. The van der Waals surface area contributed by atoms with Gasteiger partial charge in [-0.1, -0.05) is 35.3 Å². The fourth-order valence-corrected chi connectivity index (χ4v) is 4.67. The maximum absolute atomic E-state index is 6.35. The number of rotatable bonds is 0. The van der Waals surface area contributed by atoms with Gasteiger partial charge >= 0.3 is 0 Å². The molecule has 0 saturated carbocycles. The van der Waals surface area contributed by atoms with Crippen LogP contribution in [0.1, 0.15) is 35.2 Å². The first-order valence-electron chi connectivity index (χ1n) is 7.08. The summed E-state index contributed by atoms with van der Waals surface area (Å²) in [5.41, 5.74) is 4.87. The molecule has 1 unspecified atom stereocenters. The molecule has 4 rings (SSSR count). The molecule has 1 spiro atoms. The summed E-state index contributed by atoms with van der Waals surface area (Å²) in [4.78, 5) is 8.48. The zero-order chi connectivity index (χ0) is 14.6. The Morgan fingerprint density at radius 2 is 1.71 bits per heavy atom. The molecule has 2 aliphatic carbocycles. The van der Waals surface area contributed by atoms with E-state index >= 15 is 0 Å². The molecule has 0 aliphatic heterocycles. The second-order valence-corrected chi connectivity index (χ2v) is 7.04. The minimum absolute atomic E-state index is 0.133. The Labute approximate surface area is 138 Å². The average molecular weight is 340 g/mol. The summed E-state index contributed by atoms with van der Waals surface area (Å²) in [6, 6.07) is 6.24. The van der Waals surface area contributed by atoms with Crippen LogP contribution in [0.3, 0.4) is 0 Å². The Kier molecular flexibility index (Phi) is 3.18. The van der Waals surface area contributed by atoms with Crippen LogP contribution in [0, 0.1) is 0 Å². The molecule has 108 valence electrons. The lowest BCUT2D eigenvalue weighted by Crippen LogP contribution is -2.32. The second kappa shape index (κ2) is 4.84. The van der Waals surface area contributed by atoms with Gasteiger partial charge in [0.2, 0.25) is 5.28 Å². The van der Waals surface area contributed by atoms with Crippen molar-refractivity contribution >= 4 is 34.8 Å². The Balaban J connectivity index is 1.82. The molecular weight excluding hydrogens is 327 g/mol. The van der Waals surface area contributed by atoms with Crippen LogP contribution in [-0.4, -0.2) is 9.97 Å². The highest BCUT2D eigenvalue weighted by Gasteiger charge is 2.42. The SMILES string of the molecule is Clc1nc(Cl)c2c(n1)CC1(CCc3c(Cl)cccc31)CC2. The predicted molar refractivity (Wildman–Crippen MR) is 85.5 cm³/mol. The molecule has 1 heterocycles. The highest BCUT2D eigenvalue weighted by Crippen LogP contribution is 2.49. The van der Waals surface area contributed by atoms with Crippen molar-refractivity contribution in [2.45, 2.75) is 37.5 Å². The minimum atomic E-state index is 0.133. The summed E-state index contributed by atoms with van der Waals surface area (Å²) in [5, 5.41) is 1.62. The first kappa shape index (κ1) is 13.8. The fourth-order valence-electron chi connectivity index (χ4n) is 3.89. The third-order valence-electron chi connectivity index (χ3n) is 4.92. The van der Waals surface area contributed by atoms with E-state index in [0.717, 1.165) is 48.4 Å². The Bertz CT molecular complexity index is 745. The van der Waals surface area contributed by atoms with Crippen LogP contribution in [0.4, 0.5) is 0 Å². The van der Waals surface area contributed by atoms with Crippen molar-refractivity contribution < 1.29 is 0 Å². The molecule has 2 aliphatic rings. The van der Waals surface area contributed by atoms with Gasteiger partial charge in [-0.25, -0.2) is 9.97 Å². The molecule has 5 heteroatoms.